The molecule has 106 valence electrons. The van der Waals surface area contributed by atoms with Crippen LogP contribution in [0.25, 0.3) is 0 Å². The molecule has 6 nitrogen and oxygen atoms in total. The predicted octanol–water partition coefficient (Wildman–Crippen LogP) is 0.460. The second-order valence-electron chi connectivity index (χ2n) is 4.50. The van der Waals surface area contributed by atoms with Gasteiger partial charge in [0.1, 0.15) is 12.3 Å². The van der Waals surface area contributed by atoms with E-state index in [0.29, 0.717) is 6.54 Å². The van der Waals surface area contributed by atoms with Gasteiger partial charge in [-0.25, -0.2) is 0 Å². The highest BCUT2D eigenvalue weighted by molar-refractivity contribution is 6.04. The van der Waals surface area contributed by atoms with E-state index in [4.69, 9.17) is 4.74 Å². The summed E-state index contributed by atoms with van der Waals surface area (Å²) in [5.74, 6) is -0.165. The molecule has 3 amide bonds. The van der Waals surface area contributed by atoms with Gasteiger partial charge in [-0.3, -0.25) is 19.3 Å². The smallest absolute Gasteiger partial charge is 0.240 e. The van der Waals surface area contributed by atoms with Crippen LogP contribution in [0.5, 0.6) is 5.75 Å². The first-order valence-electron chi connectivity index (χ1n) is 6.33. The van der Waals surface area contributed by atoms with Crippen molar-refractivity contribution >= 4 is 17.7 Å². The highest BCUT2D eigenvalue weighted by Crippen LogP contribution is 2.12. The molecule has 1 aromatic rings. The monoisotopic (exact) mass is 276 g/mol. The van der Waals surface area contributed by atoms with Crippen molar-refractivity contribution in [2.24, 2.45) is 0 Å². The van der Waals surface area contributed by atoms with Crippen molar-refractivity contribution in [1.82, 2.24) is 10.2 Å². The zero-order valence-electron chi connectivity index (χ0n) is 11.2. The second kappa shape index (κ2) is 6.18. The summed E-state index contributed by atoms with van der Waals surface area (Å²) in [6, 6.07) is 7.28. The summed E-state index contributed by atoms with van der Waals surface area (Å²) in [5, 5.41) is 2.68. The summed E-state index contributed by atoms with van der Waals surface area (Å²) in [5.41, 5.74) is 0.915. The van der Waals surface area contributed by atoms with Gasteiger partial charge in [-0.1, -0.05) is 12.1 Å². The number of ether oxygens (including phenoxy) is 1. The quantitative estimate of drug-likeness (QED) is 0.793. The fourth-order valence-corrected chi connectivity index (χ4v) is 1.94. The van der Waals surface area contributed by atoms with Crippen molar-refractivity contribution in [3.63, 3.8) is 0 Å². The van der Waals surface area contributed by atoms with Gasteiger partial charge in [0, 0.05) is 19.4 Å². The number of nitrogens with zero attached hydrogens (tertiary/aromatic N) is 1. The minimum atomic E-state index is -0.343. The number of likely N-dealkylation sites (tertiary alicyclic amines) is 1. The van der Waals surface area contributed by atoms with E-state index < -0.39 is 0 Å². The maximum Gasteiger partial charge on any atom is 0.240 e. The van der Waals surface area contributed by atoms with Gasteiger partial charge in [0.25, 0.3) is 0 Å². The third-order valence-corrected chi connectivity index (χ3v) is 3.11. The first-order chi connectivity index (χ1) is 9.60. The standard InChI is InChI=1S/C14H16N2O4/c1-20-11-4-2-10(3-5-11)8-15-12(17)9-16-13(18)6-7-14(16)19/h2-5H,6-9H2,1H3,(H,15,17). The number of hydrogen-bond donors (Lipinski definition) is 1. The summed E-state index contributed by atoms with van der Waals surface area (Å²) in [6.07, 6.45) is 0.398. The fraction of sp³-hybridized carbons (Fsp3) is 0.357. The lowest BCUT2D eigenvalue weighted by Gasteiger charge is -2.13. The van der Waals surface area contributed by atoms with Crippen LogP contribution in [0.3, 0.4) is 0 Å². The molecule has 0 unspecified atom stereocenters. The molecule has 1 N–H and O–H groups in total. The molecule has 1 aromatic carbocycles. The summed E-state index contributed by atoms with van der Waals surface area (Å²) >= 11 is 0. The molecule has 1 heterocycles. The van der Waals surface area contributed by atoms with E-state index in [9.17, 15) is 14.4 Å². The molecule has 6 heteroatoms. The Morgan fingerprint density at radius 1 is 1.20 bits per heavy atom. The van der Waals surface area contributed by atoms with E-state index in [1.807, 2.05) is 12.1 Å². The summed E-state index contributed by atoms with van der Waals surface area (Å²) in [6.45, 7) is 0.146. The van der Waals surface area contributed by atoms with Crippen molar-refractivity contribution in [2.75, 3.05) is 13.7 Å². The summed E-state index contributed by atoms with van der Waals surface area (Å²) < 4.78 is 5.04. The van der Waals surface area contributed by atoms with Crippen molar-refractivity contribution in [1.29, 1.82) is 0 Å². The Bertz CT molecular complexity index is 508. The van der Waals surface area contributed by atoms with Crippen molar-refractivity contribution in [2.45, 2.75) is 19.4 Å². The van der Waals surface area contributed by atoms with E-state index in [2.05, 4.69) is 5.32 Å². The van der Waals surface area contributed by atoms with Gasteiger partial charge in [-0.15, -0.1) is 0 Å². The van der Waals surface area contributed by atoms with Crippen LogP contribution in [0.4, 0.5) is 0 Å². The van der Waals surface area contributed by atoms with Crippen LogP contribution in [0.1, 0.15) is 18.4 Å². The Morgan fingerprint density at radius 3 is 2.35 bits per heavy atom. The molecule has 20 heavy (non-hydrogen) atoms. The number of nitrogens with one attached hydrogen (secondary N) is 1. The molecular weight excluding hydrogens is 260 g/mol. The lowest BCUT2D eigenvalue weighted by Crippen LogP contribution is -2.39. The van der Waals surface area contributed by atoms with Crippen molar-refractivity contribution < 1.29 is 19.1 Å². The number of carbonyl (C=O) groups excluding carboxylic acids is 3. The third-order valence-electron chi connectivity index (χ3n) is 3.11. The van der Waals surface area contributed by atoms with E-state index in [1.54, 1.807) is 19.2 Å². The minimum absolute atomic E-state index is 0.199. The zero-order valence-corrected chi connectivity index (χ0v) is 11.2. The molecule has 0 bridgehead atoms. The molecule has 1 fully saturated rings. The second-order valence-corrected chi connectivity index (χ2v) is 4.50. The first-order valence-corrected chi connectivity index (χ1v) is 6.33. The molecule has 1 aliphatic heterocycles. The van der Waals surface area contributed by atoms with Gasteiger partial charge in [-0.2, -0.15) is 0 Å². The largest absolute Gasteiger partial charge is 0.497 e. The Labute approximate surface area is 116 Å². The molecule has 2 rings (SSSR count). The number of imide groups is 1. The van der Waals surface area contributed by atoms with Gasteiger partial charge in [-0.05, 0) is 17.7 Å². The SMILES string of the molecule is COc1ccc(CNC(=O)CN2C(=O)CCC2=O)cc1. The molecular formula is C14H16N2O4. The topological polar surface area (TPSA) is 75.7 Å². The van der Waals surface area contributed by atoms with Gasteiger partial charge in [0.05, 0.1) is 7.11 Å². The van der Waals surface area contributed by atoms with E-state index >= 15 is 0 Å². The lowest BCUT2D eigenvalue weighted by atomic mass is 10.2. The number of amides is 3. The van der Waals surface area contributed by atoms with Gasteiger partial charge in [0.2, 0.25) is 17.7 Å². The highest BCUT2D eigenvalue weighted by Gasteiger charge is 2.30. The molecule has 1 aliphatic rings. The zero-order chi connectivity index (χ0) is 14.5. The Morgan fingerprint density at radius 2 is 1.80 bits per heavy atom. The predicted molar refractivity (Wildman–Crippen MR) is 70.8 cm³/mol. The van der Waals surface area contributed by atoms with E-state index in [0.717, 1.165) is 16.2 Å². The van der Waals surface area contributed by atoms with Crippen LogP contribution in [0, 0.1) is 0 Å². The summed E-state index contributed by atoms with van der Waals surface area (Å²) in [4.78, 5) is 35.5. The Kier molecular flexibility index (Phi) is 4.34. The highest BCUT2D eigenvalue weighted by atomic mass is 16.5. The van der Waals surface area contributed by atoms with E-state index in [-0.39, 0.29) is 37.1 Å². The number of methoxy groups -OCH3 is 1. The van der Waals surface area contributed by atoms with Crippen LogP contribution in [0.2, 0.25) is 0 Å². The lowest BCUT2D eigenvalue weighted by molar-refractivity contribution is -0.142. The molecule has 0 radical (unpaired) electrons. The first kappa shape index (κ1) is 14.0. The third kappa shape index (κ3) is 3.34. The van der Waals surface area contributed by atoms with Gasteiger partial charge >= 0.3 is 0 Å². The van der Waals surface area contributed by atoms with Crippen molar-refractivity contribution in [3.8, 4) is 5.75 Å². The fourth-order valence-electron chi connectivity index (χ4n) is 1.94. The van der Waals surface area contributed by atoms with Crippen molar-refractivity contribution in [3.05, 3.63) is 29.8 Å². The Balaban J connectivity index is 1.82. The maximum atomic E-state index is 11.7. The molecule has 0 aliphatic carbocycles. The van der Waals surface area contributed by atoms with Crippen LogP contribution in [-0.2, 0) is 20.9 Å². The molecule has 0 spiro atoms. The Hall–Kier alpha value is -2.37. The summed E-state index contributed by atoms with van der Waals surface area (Å²) in [7, 11) is 1.58. The average Bonchev–Trinajstić information content (AvgIpc) is 2.77. The molecule has 0 aromatic heterocycles. The number of carbonyl (C=O) groups is 3. The number of hydrogen-bond acceptors (Lipinski definition) is 4. The van der Waals surface area contributed by atoms with Gasteiger partial charge in [0.15, 0.2) is 0 Å². The van der Waals surface area contributed by atoms with E-state index in [1.165, 1.54) is 0 Å². The minimum Gasteiger partial charge on any atom is -0.497 e. The van der Waals surface area contributed by atoms with Crippen LogP contribution in [-0.4, -0.2) is 36.3 Å². The normalized spacial score (nSPS) is 14.6. The average molecular weight is 276 g/mol. The van der Waals surface area contributed by atoms with Gasteiger partial charge < -0.3 is 10.1 Å². The van der Waals surface area contributed by atoms with Crippen LogP contribution in [0.15, 0.2) is 24.3 Å². The van der Waals surface area contributed by atoms with Crippen LogP contribution >= 0.6 is 0 Å². The van der Waals surface area contributed by atoms with Crippen LogP contribution < -0.4 is 10.1 Å². The molecule has 0 atom stereocenters. The number of rotatable bonds is 5. The number of benzene rings is 1. The molecule has 0 saturated carbocycles. The maximum absolute atomic E-state index is 11.7. The molecule has 1 saturated heterocycles.